The van der Waals surface area contributed by atoms with Crippen LogP contribution in [0.15, 0.2) is 24.3 Å². The summed E-state index contributed by atoms with van der Waals surface area (Å²) in [6, 6.07) is 5.34. The van der Waals surface area contributed by atoms with E-state index in [4.69, 9.17) is 23.7 Å². The van der Waals surface area contributed by atoms with E-state index in [0.717, 1.165) is 0 Å². The van der Waals surface area contributed by atoms with Gasteiger partial charge in [-0.1, -0.05) is 0 Å². The minimum atomic E-state index is -0.935. The molecular weight excluding hydrogens is 520 g/mol. The Kier molecular flexibility index (Phi) is 12.4. The van der Waals surface area contributed by atoms with Crippen molar-refractivity contribution in [3.05, 3.63) is 29.8 Å². The van der Waals surface area contributed by atoms with E-state index in [1.165, 1.54) is 0 Å². The van der Waals surface area contributed by atoms with Crippen LogP contribution in [0.4, 0.5) is 4.79 Å². The molecule has 1 saturated heterocycles. The molecule has 1 fully saturated rings. The Morgan fingerprint density at radius 2 is 1.57 bits per heavy atom. The molecule has 0 aromatic heterocycles. The Hall–Kier alpha value is -3.18. The largest absolute Gasteiger partial charge is 0.482 e. The lowest BCUT2D eigenvalue weighted by atomic mass is 10.0. The number of nitrogens with one attached hydrogen (secondary N) is 1. The molecule has 2 rings (SSSR count). The third-order valence-electron chi connectivity index (χ3n) is 5.68. The van der Waals surface area contributed by atoms with Crippen LogP contribution in [0.1, 0.15) is 71.7 Å². The minimum absolute atomic E-state index is 0.0243. The molecule has 1 heterocycles. The van der Waals surface area contributed by atoms with Gasteiger partial charge in [0.15, 0.2) is 12.4 Å². The number of hydrogen-bond acceptors (Lipinski definition) is 9. The maximum atomic E-state index is 13.3. The summed E-state index contributed by atoms with van der Waals surface area (Å²) in [7, 11) is 0. The van der Waals surface area contributed by atoms with Crippen LogP contribution in [0.3, 0.4) is 0 Å². The van der Waals surface area contributed by atoms with Crippen LogP contribution in [0.5, 0.6) is 5.75 Å². The lowest BCUT2D eigenvalue weighted by molar-refractivity contribution is -0.145. The molecule has 0 unspecified atom stereocenters. The highest BCUT2D eigenvalue weighted by Gasteiger charge is 2.29. The summed E-state index contributed by atoms with van der Waals surface area (Å²) < 4.78 is 27.2. The number of piperidine rings is 1. The summed E-state index contributed by atoms with van der Waals surface area (Å²) in [5.41, 5.74) is -0.735. The molecular formula is C29H44N2O9. The first-order chi connectivity index (χ1) is 18.7. The van der Waals surface area contributed by atoms with E-state index in [-0.39, 0.29) is 44.4 Å². The number of carbonyl (C=O) groups excluding carboxylic acids is 4. The number of likely N-dealkylation sites (tertiary alicyclic amines) is 1. The predicted molar refractivity (Wildman–Crippen MR) is 147 cm³/mol. The number of rotatable bonds is 12. The Morgan fingerprint density at radius 1 is 0.950 bits per heavy atom. The highest BCUT2D eigenvalue weighted by molar-refractivity contribution is 6.02. The van der Waals surface area contributed by atoms with Gasteiger partial charge >= 0.3 is 12.1 Å². The number of benzene rings is 1. The van der Waals surface area contributed by atoms with Crippen molar-refractivity contribution in [3.8, 4) is 5.75 Å². The summed E-state index contributed by atoms with van der Waals surface area (Å²) in [5.74, 6) is -0.858. The van der Waals surface area contributed by atoms with Crippen molar-refractivity contribution in [2.45, 2.75) is 84.7 Å². The first-order valence-corrected chi connectivity index (χ1v) is 13.6. The number of Topliss-reactive ketones (excluding diaryl/α,β-unsaturated/α-hetero) is 1. The smallest absolute Gasteiger partial charge is 0.410 e. The molecule has 1 aliphatic rings. The molecule has 0 spiro atoms. The number of nitrogens with zero attached hydrogens (tertiary/aromatic N) is 1. The van der Waals surface area contributed by atoms with E-state index in [1.54, 1.807) is 36.1 Å². The fourth-order valence-electron chi connectivity index (χ4n) is 3.74. The molecule has 40 heavy (non-hydrogen) atoms. The second-order valence-electron chi connectivity index (χ2n) is 11.5. The number of ketones is 1. The summed E-state index contributed by atoms with van der Waals surface area (Å²) >= 11 is 0. The second kappa shape index (κ2) is 15.0. The van der Waals surface area contributed by atoms with Crippen LogP contribution < -0.4 is 10.1 Å². The lowest BCUT2D eigenvalue weighted by Gasteiger charge is -2.33. The van der Waals surface area contributed by atoms with Gasteiger partial charge < -0.3 is 33.9 Å². The molecule has 0 aliphatic carbocycles. The zero-order chi connectivity index (χ0) is 29.9. The average Bonchev–Trinajstić information content (AvgIpc) is 2.87. The van der Waals surface area contributed by atoms with E-state index < -0.39 is 29.1 Å². The van der Waals surface area contributed by atoms with Crippen molar-refractivity contribution in [1.29, 1.82) is 0 Å². The van der Waals surface area contributed by atoms with Gasteiger partial charge in [0.1, 0.15) is 24.0 Å². The van der Waals surface area contributed by atoms with Crippen LogP contribution in [0.25, 0.3) is 0 Å². The van der Waals surface area contributed by atoms with Gasteiger partial charge in [-0.3, -0.25) is 9.59 Å². The molecule has 0 bridgehead atoms. The van der Waals surface area contributed by atoms with Crippen LogP contribution in [-0.4, -0.2) is 91.5 Å². The molecule has 1 aromatic carbocycles. The van der Waals surface area contributed by atoms with E-state index in [2.05, 4.69) is 5.32 Å². The zero-order valence-corrected chi connectivity index (χ0v) is 24.7. The van der Waals surface area contributed by atoms with Crippen molar-refractivity contribution in [2.75, 3.05) is 39.5 Å². The van der Waals surface area contributed by atoms with Gasteiger partial charge in [0, 0.05) is 18.7 Å². The molecule has 1 atom stereocenters. The quantitative estimate of drug-likeness (QED) is 0.299. The number of esters is 1. The summed E-state index contributed by atoms with van der Waals surface area (Å²) in [5, 5.41) is 2.73. The first kappa shape index (κ1) is 33.0. The van der Waals surface area contributed by atoms with Crippen LogP contribution in [-0.2, 0) is 28.5 Å². The van der Waals surface area contributed by atoms with Crippen LogP contribution in [0, 0.1) is 0 Å². The van der Waals surface area contributed by atoms with Gasteiger partial charge in [-0.2, -0.15) is 0 Å². The minimum Gasteiger partial charge on any atom is -0.482 e. The second-order valence-corrected chi connectivity index (χ2v) is 11.5. The molecule has 1 N–H and O–H groups in total. The third kappa shape index (κ3) is 12.3. The number of amides is 2. The highest BCUT2D eigenvalue weighted by atomic mass is 16.6. The van der Waals surface area contributed by atoms with Gasteiger partial charge in [-0.05, 0) is 85.6 Å². The summed E-state index contributed by atoms with van der Waals surface area (Å²) in [4.78, 5) is 51.4. The van der Waals surface area contributed by atoms with E-state index >= 15 is 0 Å². The zero-order valence-electron chi connectivity index (χ0n) is 24.7. The first-order valence-electron chi connectivity index (χ1n) is 13.6. The Labute approximate surface area is 236 Å². The van der Waals surface area contributed by atoms with Crippen molar-refractivity contribution in [3.63, 3.8) is 0 Å². The molecule has 1 aromatic rings. The molecule has 1 aliphatic heterocycles. The van der Waals surface area contributed by atoms with Crippen molar-refractivity contribution in [2.24, 2.45) is 0 Å². The highest BCUT2D eigenvalue weighted by Crippen LogP contribution is 2.18. The summed E-state index contributed by atoms with van der Waals surface area (Å²) in [6.45, 7) is 13.5. The Balaban J connectivity index is 1.91. The van der Waals surface area contributed by atoms with E-state index in [9.17, 15) is 19.2 Å². The van der Waals surface area contributed by atoms with Gasteiger partial charge in [-0.15, -0.1) is 0 Å². The van der Waals surface area contributed by atoms with Crippen molar-refractivity contribution < 1.29 is 42.9 Å². The number of carbonyl (C=O) groups is 4. The normalized spacial score (nSPS) is 15.2. The average molecular weight is 565 g/mol. The maximum Gasteiger partial charge on any atom is 0.410 e. The van der Waals surface area contributed by atoms with Gasteiger partial charge in [0.05, 0.1) is 24.9 Å². The van der Waals surface area contributed by atoms with E-state index in [0.29, 0.717) is 37.2 Å². The Bertz CT molecular complexity index is 988. The van der Waals surface area contributed by atoms with Crippen molar-refractivity contribution >= 4 is 23.8 Å². The summed E-state index contributed by atoms with van der Waals surface area (Å²) in [6.07, 6.45) is 0.605. The predicted octanol–water partition coefficient (Wildman–Crippen LogP) is 3.53. The number of hydrogen-bond donors (Lipinski definition) is 1. The molecule has 224 valence electrons. The monoisotopic (exact) mass is 564 g/mol. The third-order valence-corrected chi connectivity index (χ3v) is 5.68. The van der Waals surface area contributed by atoms with E-state index in [1.807, 2.05) is 41.5 Å². The number of ether oxygens (including phenoxy) is 5. The van der Waals surface area contributed by atoms with Crippen molar-refractivity contribution in [1.82, 2.24) is 10.2 Å². The topological polar surface area (TPSA) is 130 Å². The fourth-order valence-corrected chi connectivity index (χ4v) is 3.74. The van der Waals surface area contributed by atoms with Gasteiger partial charge in [0.2, 0.25) is 5.91 Å². The standard InChI is InChI=1S/C29H44N2O9/c1-8-36-25(33)19-38-21-11-9-20(10-12-21)26(34)23(17-39-28(2,3)4)30-24(32)18-37-22-13-15-31(16-14-22)27(35)40-29(5,6)7/h9-12,22-23H,8,13-19H2,1-7H3,(H,30,32)/t23-/m0/s1. The van der Waals surface area contributed by atoms with Gasteiger partial charge in [0.25, 0.3) is 0 Å². The van der Waals surface area contributed by atoms with Crippen LogP contribution in [0.2, 0.25) is 0 Å². The van der Waals surface area contributed by atoms with Gasteiger partial charge in [-0.25, -0.2) is 9.59 Å². The molecule has 11 nitrogen and oxygen atoms in total. The Morgan fingerprint density at radius 3 is 2.12 bits per heavy atom. The molecule has 2 amide bonds. The molecule has 11 heteroatoms. The fraction of sp³-hybridized carbons (Fsp3) is 0.655. The van der Waals surface area contributed by atoms with Crippen LogP contribution >= 0.6 is 0 Å². The molecule has 0 radical (unpaired) electrons. The lowest BCUT2D eigenvalue weighted by Crippen LogP contribution is -2.47. The SMILES string of the molecule is CCOC(=O)COc1ccc(C(=O)[C@H](COC(C)(C)C)NC(=O)COC2CCN(C(=O)OC(C)(C)C)CC2)cc1. The maximum absolute atomic E-state index is 13.3. The molecule has 0 saturated carbocycles.